The molecule has 0 saturated heterocycles. The van der Waals surface area contributed by atoms with E-state index >= 15 is 0 Å². The van der Waals surface area contributed by atoms with Gasteiger partial charge < -0.3 is 14.0 Å². The molecule has 8 heteroatoms. The van der Waals surface area contributed by atoms with Crippen molar-refractivity contribution in [2.24, 2.45) is 0 Å². The van der Waals surface area contributed by atoms with Gasteiger partial charge in [-0.15, -0.1) is 0 Å². The van der Waals surface area contributed by atoms with Crippen LogP contribution in [0.5, 0.6) is 0 Å². The predicted octanol–water partition coefficient (Wildman–Crippen LogP) is 3.52. The zero-order chi connectivity index (χ0) is 17.8. The van der Waals surface area contributed by atoms with Gasteiger partial charge in [0, 0.05) is 24.5 Å². The van der Waals surface area contributed by atoms with Crippen LogP contribution in [0.2, 0.25) is 0 Å². The molecule has 0 N–H and O–H groups in total. The Balaban J connectivity index is 3.41. The normalized spacial score (nSPS) is 13.4. The van der Waals surface area contributed by atoms with Gasteiger partial charge in [-0.1, -0.05) is 6.07 Å². The fraction of sp³-hybridized carbons (Fsp3) is 0.667. The molecule has 0 fully saturated rings. The summed E-state index contributed by atoms with van der Waals surface area (Å²) in [5.41, 5.74) is -0.822. The van der Waals surface area contributed by atoms with Crippen LogP contribution in [0.15, 0.2) is 18.3 Å². The minimum Gasteiger partial charge on any atom is -0.538 e. The molecule has 0 radical (unpaired) electrons. The van der Waals surface area contributed by atoms with Crippen molar-refractivity contribution in [2.75, 3.05) is 0 Å². The lowest BCUT2D eigenvalue weighted by Crippen LogP contribution is -2.61. The van der Waals surface area contributed by atoms with Gasteiger partial charge in [-0.2, -0.15) is 13.2 Å². The molecule has 132 valence electrons. The van der Waals surface area contributed by atoms with E-state index in [-0.39, 0.29) is 23.9 Å². The molecule has 0 amide bonds. The van der Waals surface area contributed by atoms with Gasteiger partial charge in [0.15, 0.2) is 0 Å². The van der Waals surface area contributed by atoms with E-state index in [1.165, 1.54) is 0 Å². The van der Waals surface area contributed by atoms with Crippen molar-refractivity contribution < 1.29 is 27.1 Å². The molecule has 0 spiro atoms. The van der Waals surface area contributed by atoms with Gasteiger partial charge in [0.2, 0.25) is 0 Å². The van der Waals surface area contributed by atoms with E-state index in [9.17, 15) is 13.2 Å². The van der Waals surface area contributed by atoms with Gasteiger partial charge >= 0.3 is 12.9 Å². The minimum atomic E-state index is -4.48. The molecule has 0 aliphatic carbocycles. The summed E-state index contributed by atoms with van der Waals surface area (Å²) >= 11 is 0. The van der Waals surface area contributed by atoms with Crippen LogP contribution in [-0.4, -0.2) is 30.1 Å². The number of nitrogens with zero attached hydrogens (tertiary/aromatic N) is 1. The van der Waals surface area contributed by atoms with E-state index in [2.05, 4.69) is 4.98 Å². The Labute approximate surface area is 135 Å². The summed E-state index contributed by atoms with van der Waals surface area (Å²) in [6.45, 7) is 7.97. The Bertz CT molecular complexity index is 480. The SMILES string of the molecule is CC(C)O[B-](OC(C)C)(OC(C)C)c1cc(C(F)(F)F)ccn1. The van der Waals surface area contributed by atoms with Crippen LogP contribution in [0.3, 0.4) is 0 Å². The molecule has 0 atom stereocenters. The number of rotatable bonds is 7. The minimum absolute atomic E-state index is 0.00377. The molecular weight excluding hydrogens is 310 g/mol. The first kappa shape index (κ1) is 19.9. The van der Waals surface area contributed by atoms with Crippen LogP contribution in [0.1, 0.15) is 47.1 Å². The van der Waals surface area contributed by atoms with Crippen LogP contribution in [0.25, 0.3) is 0 Å². The predicted molar refractivity (Wildman–Crippen MR) is 83.3 cm³/mol. The maximum Gasteiger partial charge on any atom is 0.428 e. The highest BCUT2D eigenvalue weighted by molar-refractivity contribution is 6.74. The van der Waals surface area contributed by atoms with E-state index in [1.807, 2.05) is 0 Å². The first-order chi connectivity index (χ1) is 10.5. The second kappa shape index (κ2) is 7.64. The lowest BCUT2D eigenvalue weighted by molar-refractivity contribution is -0.137. The third kappa shape index (κ3) is 5.78. The van der Waals surface area contributed by atoms with Crippen molar-refractivity contribution in [1.29, 1.82) is 0 Å². The van der Waals surface area contributed by atoms with Gasteiger partial charge in [-0.3, -0.25) is 4.98 Å². The zero-order valence-electron chi connectivity index (χ0n) is 14.3. The second-order valence-corrected chi connectivity index (χ2v) is 6.16. The largest absolute Gasteiger partial charge is 0.538 e. The van der Waals surface area contributed by atoms with E-state index in [1.54, 1.807) is 41.5 Å². The molecule has 4 nitrogen and oxygen atoms in total. The summed E-state index contributed by atoms with van der Waals surface area (Å²) in [7, 11) is 0. The number of aromatic nitrogens is 1. The van der Waals surface area contributed by atoms with Gasteiger partial charge in [0.05, 0.1) is 5.56 Å². The summed E-state index contributed by atoms with van der Waals surface area (Å²) < 4.78 is 56.4. The first-order valence-corrected chi connectivity index (χ1v) is 7.67. The highest BCUT2D eigenvalue weighted by Crippen LogP contribution is 2.29. The maximum atomic E-state index is 13.0. The Morgan fingerprint density at radius 2 is 1.35 bits per heavy atom. The molecule has 1 aromatic rings. The average molecular weight is 334 g/mol. The third-order valence-electron chi connectivity index (χ3n) is 2.82. The van der Waals surface area contributed by atoms with E-state index in [0.29, 0.717) is 0 Å². The zero-order valence-corrected chi connectivity index (χ0v) is 14.3. The lowest BCUT2D eigenvalue weighted by Gasteiger charge is -2.45. The maximum absolute atomic E-state index is 13.0. The third-order valence-corrected chi connectivity index (χ3v) is 2.82. The van der Waals surface area contributed by atoms with Crippen LogP contribution < -0.4 is 5.59 Å². The van der Waals surface area contributed by atoms with Gasteiger partial charge in [0.25, 0.3) is 0 Å². The molecule has 0 aromatic carbocycles. The summed E-state index contributed by atoms with van der Waals surface area (Å²) in [5, 5.41) is 0. The van der Waals surface area contributed by atoms with Gasteiger partial charge in [-0.25, -0.2) is 0 Å². The van der Waals surface area contributed by atoms with Crippen molar-refractivity contribution in [3.63, 3.8) is 0 Å². The molecule has 0 aliphatic heterocycles. The summed E-state index contributed by atoms with van der Waals surface area (Å²) in [6.07, 6.45) is -4.34. The van der Waals surface area contributed by atoms with Crippen molar-refractivity contribution in [3.8, 4) is 0 Å². The van der Waals surface area contributed by atoms with E-state index in [4.69, 9.17) is 14.0 Å². The fourth-order valence-electron chi connectivity index (χ4n) is 2.20. The Kier molecular flexibility index (Phi) is 6.62. The van der Waals surface area contributed by atoms with Crippen molar-refractivity contribution in [1.82, 2.24) is 4.98 Å². The van der Waals surface area contributed by atoms with E-state index < -0.39 is 18.5 Å². The topological polar surface area (TPSA) is 40.6 Å². The van der Waals surface area contributed by atoms with Gasteiger partial charge in [0.1, 0.15) is 0 Å². The van der Waals surface area contributed by atoms with Crippen LogP contribution in [0.4, 0.5) is 13.2 Å². The molecular formula is C15H24BF3NO3-. The standard InChI is InChI=1S/C15H24BF3NO3/c1-10(2)21-16(22-11(3)4,23-12(5)6)14-9-13(7-8-20-14)15(17,18)19/h7-12H,1-6H3/q-1. The molecule has 0 unspecified atom stereocenters. The highest BCUT2D eigenvalue weighted by Gasteiger charge is 2.39. The number of hydrogen-bond acceptors (Lipinski definition) is 4. The van der Waals surface area contributed by atoms with Crippen LogP contribution in [0, 0.1) is 0 Å². The first-order valence-electron chi connectivity index (χ1n) is 7.67. The van der Waals surface area contributed by atoms with Crippen LogP contribution in [-0.2, 0) is 20.1 Å². The number of hydrogen-bond donors (Lipinski definition) is 0. The monoisotopic (exact) mass is 334 g/mol. The summed E-state index contributed by atoms with van der Waals surface area (Å²) in [6, 6.07) is 1.83. The summed E-state index contributed by atoms with van der Waals surface area (Å²) in [5.74, 6) is 0. The smallest absolute Gasteiger partial charge is 0.428 e. The van der Waals surface area contributed by atoms with E-state index in [0.717, 1.165) is 18.3 Å². The molecule has 0 bridgehead atoms. The lowest BCUT2D eigenvalue weighted by atomic mass is 9.71. The van der Waals surface area contributed by atoms with Crippen molar-refractivity contribution in [2.45, 2.75) is 66.0 Å². The molecule has 0 aliphatic rings. The molecule has 1 rings (SSSR count). The van der Waals surface area contributed by atoms with Crippen molar-refractivity contribution >= 4 is 12.3 Å². The quantitative estimate of drug-likeness (QED) is 0.716. The van der Waals surface area contributed by atoms with Crippen molar-refractivity contribution in [3.05, 3.63) is 23.9 Å². The fourth-order valence-corrected chi connectivity index (χ4v) is 2.20. The molecule has 23 heavy (non-hydrogen) atoms. The molecule has 1 aromatic heterocycles. The Hall–Kier alpha value is -1.12. The average Bonchev–Trinajstić information content (AvgIpc) is 2.35. The number of pyridine rings is 1. The van der Waals surface area contributed by atoms with Gasteiger partial charge in [-0.05, 0) is 53.2 Å². The summed E-state index contributed by atoms with van der Waals surface area (Å²) in [4.78, 5) is 4.04. The number of halogens is 3. The molecule has 1 heterocycles. The molecule has 0 saturated carbocycles. The highest BCUT2D eigenvalue weighted by atomic mass is 19.4. The van der Waals surface area contributed by atoms with Crippen LogP contribution >= 0.6 is 0 Å². The number of alkyl halides is 3. The second-order valence-electron chi connectivity index (χ2n) is 6.16. The Morgan fingerprint density at radius 1 is 0.913 bits per heavy atom. The Morgan fingerprint density at radius 3 is 1.70 bits per heavy atom.